The molecule has 1 heterocycles. The third-order valence-electron chi connectivity index (χ3n) is 3.48. The Morgan fingerprint density at radius 2 is 1.55 bits per heavy atom. The number of hydrogen-bond acceptors (Lipinski definition) is 3. The fourth-order valence-corrected chi connectivity index (χ4v) is 2.38. The average molecular weight is 267 g/mol. The van der Waals surface area contributed by atoms with Gasteiger partial charge in [-0.15, -0.1) is 0 Å². The van der Waals surface area contributed by atoms with Crippen LogP contribution in [0.1, 0.15) is 12.8 Å². The predicted octanol–water partition coefficient (Wildman–Crippen LogP) is 3.65. The molecule has 1 aliphatic rings. The van der Waals surface area contributed by atoms with E-state index in [9.17, 15) is 4.79 Å². The summed E-state index contributed by atoms with van der Waals surface area (Å²) in [5.74, 6) is 2.02. The van der Waals surface area contributed by atoms with E-state index >= 15 is 0 Å². The van der Waals surface area contributed by atoms with Gasteiger partial charge in [0, 0.05) is 37.7 Å². The number of carbonyl (C=O) groups excluding carboxylic acids is 1. The van der Waals surface area contributed by atoms with Gasteiger partial charge in [0.15, 0.2) is 0 Å². The van der Waals surface area contributed by atoms with Crippen LogP contribution in [0.2, 0.25) is 0 Å². The van der Waals surface area contributed by atoms with Gasteiger partial charge in [-0.1, -0.05) is 24.3 Å². The van der Waals surface area contributed by atoms with Crippen LogP contribution in [0.4, 0.5) is 5.69 Å². The van der Waals surface area contributed by atoms with Crippen molar-refractivity contribution in [2.24, 2.45) is 0 Å². The molecule has 0 aromatic heterocycles. The van der Waals surface area contributed by atoms with E-state index in [1.165, 1.54) is 0 Å². The standard InChI is InChI=1S/C17H17NO2/c19-15-9-11-18(12-10-15)14-5-4-8-17(13-14)20-16-6-2-1-3-7-16/h1-8,13H,9-12H2. The molecule has 0 spiro atoms. The molecule has 0 N–H and O–H groups in total. The molecule has 1 fully saturated rings. The number of hydrogen-bond donors (Lipinski definition) is 0. The van der Waals surface area contributed by atoms with Crippen LogP contribution in [-0.4, -0.2) is 18.9 Å². The normalized spacial score (nSPS) is 15.2. The summed E-state index contributed by atoms with van der Waals surface area (Å²) in [6.45, 7) is 1.60. The number of ketones is 1. The van der Waals surface area contributed by atoms with Crippen LogP contribution in [0.3, 0.4) is 0 Å². The van der Waals surface area contributed by atoms with E-state index in [0.29, 0.717) is 18.6 Å². The maximum absolute atomic E-state index is 11.3. The van der Waals surface area contributed by atoms with Gasteiger partial charge in [0.05, 0.1) is 0 Å². The highest BCUT2D eigenvalue weighted by Gasteiger charge is 2.16. The second-order valence-corrected chi connectivity index (χ2v) is 4.94. The van der Waals surface area contributed by atoms with Crippen molar-refractivity contribution in [2.45, 2.75) is 12.8 Å². The molecule has 0 saturated carbocycles. The van der Waals surface area contributed by atoms with Crippen molar-refractivity contribution in [1.29, 1.82) is 0 Å². The summed E-state index contributed by atoms with van der Waals surface area (Å²) < 4.78 is 5.84. The molecule has 1 aliphatic heterocycles. The molecular weight excluding hydrogens is 250 g/mol. The highest BCUT2D eigenvalue weighted by Crippen LogP contribution is 2.27. The van der Waals surface area contributed by atoms with Crippen molar-refractivity contribution in [3.05, 3.63) is 54.6 Å². The summed E-state index contributed by atoms with van der Waals surface area (Å²) in [7, 11) is 0. The smallest absolute Gasteiger partial charge is 0.136 e. The lowest BCUT2D eigenvalue weighted by Gasteiger charge is -2.28. The van der Waals surface area contributed by atoms with Gasteiger partial charge >= 0.3 is 0 Å². The van der Waals surface area contributed by atoms with Crippen LogP contribution < -0.4 is 9.64 Å². The summed E-state index contributed by atoms with van der Waals surface area (Å²) in [5.41, 5.74) is 1.12. The molecule has 2 aromatic rings. The molecule has 3 rings (SSSR count). The molecule has 1 saturated heterocycles. The number of piperidine rings is 1. The van der Waals surface area contributed by atoms with Crippen molar-refractivity contribution in [3.8, 4) is 11.5 Å². The SMILES string of the molecule is O=C1CCN(c2cccc(Oc3ccccc3)c2)CC1. The number of rotatable bonds is 3. The lowest BCUT2D eigenvalue weighted by molar-refractivity contribution is -0.119. The quantitative estimate of drug-likeness (QED) is 0.850. The highest BCUT2D eigenvalue weighted by atomic mass is 16.5. The zero-order chi connectivity index (χ0) is 13.8. The minimum absolute atomic E-state index is 0.359. The van der Waals surface area contributed by atoms with Crippen molar-refractivity contribution in [2.75, 3.05) is 18.0 Å². The first-order valence-corrected chi connectivity index (χ1v) is 6.91. The molecule has 2 aromatic carbocycles. The molecule has 0 atom stereocenters. The number of para-hydroxylation sites is 1. The first kappa shape index (κ1) is 12.7. The number of carbonyl (C=O) groups is 1. The minimum atomic E-state index is 0.359. The monoisotopic (exact) mass is 267 g/mol. The lowest BCUT2D eigenvalue weighted by Crippen LogP contribution is -2.33. The maximum atomic E-state index is 11.3. The Hall–Kier alpha value is -2.29. The van der Waals surface area contributed by atoms with Crippen LogP contribution in [0, 0.1) is 0 Å². The van der Waals surface area contributed by atoms with Crippen LogP contribution in [0.25, 0.3) is 0 Å². The van der Waals surface area contributed by atoms with E-state index in [2.05, 4.69) is 11.0 Å². The van der Waals surface area contributed by atoms with Gasteiger partial charge < -0.3 is 9.64 Å². The molecule has 0 aliphatic carbocycles. The first-order chi connectivity index (χ1) is 9.81. The Morgan fingerprint density at radius 3 is 2.30 bits per heavy atom. The fraction of sp³-hybridized carbons (Fsp3) is 0.235. The number of anilines is 1. The van der Waals surface area contributed by atoms with Crippen molar-refractivity contribution in [1.82, 2.24) is 0 Å². The molecule has 0 unspecified atom stereocenters. The summed E-state index contributed by atoms with van der Waals surface area (Å²) in [6.07, 6.45) is 1.29. The van der Waals surface area contributed by atoms with Crippen LogP contribution >= 0.6 is 0 Å². The zero-order valence-electron chi connectivity index (χ0n) is 11.3. The Morgan fingerprint density at radius 1 is 0.850 bits per heavy atom. The summed E-state index contributed by atoms with van der Waals surface area (Å²) in [5, 5.41) is 0. The van der Waals surface area contributed by atoms with Crippen LogP contribution in [0.5, 0.6) is 11.5 Å². The predicted molar refractivity (Wildman–Crippen MR) is 79.4 cm³/mol. The van der Waals surface area contributed by atoms with E-state index < -0.39 is 0 Å². The van der Waals surface area contributed by atoms with Gasteiger partial charge in [0.1, 0.15) is 17.3 Å². The Labute approximate surface area is 118 Å². The molecule has 20 heavy (non-hydrogen) atoms. The number of benzene rings is 2. The first-order valence-electron chi connectivity index (χ1n) is 6.91. The second kappa shape index (κ2) is 5.78. The van der Waals surface area contributed by atoms with E-state index in [4.69, 9.17) is 4.74 Å². The zero-order valence-corrected chi connectivity index (χ0v) is 11.3. The van der Waals surface area contributed by atoms with E-state index in [1.807, 2.05) is 48.5 Å². The Kier molecular flexibility index (Phi) is 3.68. The fourth-order valence-electron chi connectivity index (χ4n) is 2.38. The van der Waals surface area contributed by atoms with Crippen LogP contribution in [0.15, 0.2) is 54.6 Å². The Balaban J connectivity index is 1.74. The van der Waals surface area contributed by atoms with Gasteiger partial charge in [-0.2, -0.15) is 0 Å². The molecule has 3 heteroatoms. The maximum Gasteiger partial charge on any atom is 0.136 e. The topological polar surface area (TPSA) is 29.5 Å². The van der Waals surface area contributed by atoms with Gasteiger partial charge in [-0.3, -0.25) is 4.79 Å². The van der Waals surface area contributed by atoms with Gasteiger partial charge in [0.25, 0.3) is 0 Å². The van der Waals surface area contributed by atoms with Gasteiger partial charge in [-0.05, 0) is 24.3 Å². The largest absolute Gasteiger partial charge is 0.457 e. The molecule has 0 radical (unpaired) electrons. The van der Waals surface area contributed by atoms with Crippen molar-refractivity contribution < 1.29 is 9.53 Å². The van der Waals surface area contributed by atoms with Crippen molar-refractivity contribution >= 4 is 11.5 Å². The summed E-state index contributed by atoms with van der Waals surface area (Å²) in [6, 6.07) is 17.8. The van der Waals surface area contributed by atoms with Crippen LogP contribution in [-0.2, 0) is 4.79 Å². The van der Waals surface area contributed by atoms with E-state index in [0.717, 1.165) is 30.3 Å². The lowest BCUT2D eigenvalue weighted by atomic mass is 10.1. The van der Waals surface area contributed by atoms with Crippen molar-refractivity contribution in [3.63, 3.8) is 0 Å². The minimum Gasteiger partial charge on any atom is -0.457 e. The van der Waals surface area contributed by atoms with E-state index in [-0.39, 0.29) is 0 Å². The molecule has 0 bridgehead atoms. The third kappa shape index (κ3) is 2.99. The Bertz CT molecular complexity index is 585. The molecule has 3 nitrogen and oxygen atoms in total. The average Bonchev–Trinajstić information content (AvgIpc) is 2.49. The van der Waals surface area contributed by atoms with E-state index in [1.54, 1.807) is 0 Å². The summed E-state index contributed by atoms with van der Waals surface area (Å²) in [4.78, 5) is 13.5. The molecule has 102 valence electrons. The highest BCUT2D eigenvalue weighted by molar-refractivity contribution is 5.81. The molecule has 0 amide bonds. The third-order valence-corrected chi connectivity index (χ3v) is 3.48. The van der Waals surface area contributed by atoms with Gasteiger partial charge in [0.2, 0.25) is 0 Å². The second-order valence-electron chi connectivity index (χ2n) is 4.94. The number of ether oxygens (including phenoxy) is 1. The number of nitrogens with zero attached hydrogens (tertiary/aromatic N) is 1. The summed E-state index contributed by atoms with van der Waals surface area (Å²) >= 11 is 0. The molecular formula is C17H17NO2. The number of Topliss-reactive ketones (excluding diaryl/α,β-unsaturated/α-hetero) is 1. The van der Waals surface area contributed by atoms with Gasteiger partial charge in [-0.25, -0.2) is 0 Å².